The third kappa shape index (κ3) is 6.20. The molecule has 4 aromatic rings. The monoisotopic (exact) mass is 593 g/mol. The van der Waals surface area contributed by atoms with Gasteiger partial charge in [-0.3, -0.25) is 9.52 Å². The average molecular weight is 595 g/mol. The van der Waals surface area contributed by atoms with Crippen molar-refractivity contribution in [2.45, 2.75) is 18.4 Å². The highest BCUT2D eigenvalue weighted by Crippen LogP contribution is 2.23. The standard InChI is InChI=1S/C24H21BrClN3O4S2/c1-2-33-13-12-29-21-11-6-17(25)15-22(21)34-24(29)27-23(30)16-4-3-5-19(14-16)28-35(31,32)20-9-7-18(26)8-10-20/h3-11,14-15,28H,2,12-13H2,1H3. The smallest absolute Gasteiger partial charge is 0.279 e. The van der Waals surface area contributed by atoms with Gasteiger partial charge in [0.2, 0.25) is 0 Å². The van der Waals surface area contributed by atoms with Crippen LogP contribution in [0.15, 0.2) is 81.1 Å². The Bertz CT molecular complexity index is 1550. The number of amides is 1. The Balaban J connectivity index is 1.65. The molecule has 3 aromatic carbocycles. The minimum atomic E-state index is -3.84. The van der Waals surface area contributed by atoms with Crippen molar-refractivity contribution >= 4 is 70.7 Å². The van der Waals surface area contributed by atoms with Crippen molar-refractivity contribution in [1.29, 1.82) is 0 Å². The summed E-state index contributed by atoms with van der Waals surface area (Å²) in [5.41, 5.74) is 1.47. The zero-order valence-corrected chi connectivity index (χ0v) is 22.5. The van der Waals surface area contributed by atoms with Crippen molar-refractivity contribution in [3.63, 3.8) is 0 Å². The van der Waals surface area contributed by atoms with Crippen LogP contribution in [0.4, 0.5) is 5.69 Å². The van der Waals surface area contributed by atoms with Gasteiger partial charge in [-0.1, -0.05) is 44.9 Å². The van der Waals surface area contributed by atoms with Gasteiger partial charge in [0.05, 0.1) is 21.7 Å². The highest BCUT2D eigenvalue weighted by atomic mass is 79.9. The van der Waals surface area contributed by atoms with E-state index in [1.165, 1.54) is 41.7 Å². The number of hydrogen-bond donors (Lipinski definition) is 1. The number of nitrogens with one attached hydrogen (secondary N) is 1. The lowest BCUT2D eigenvalue weighted by Gasteiger charge is -2.09. The first kappa shape index (κ1) is 25.6. The molecule has 0 fully saturated rings. The average Bonchev–Trinajstić information content (AvgIpc) is 3.15. The van der Waals surface area contributed by atoms with E-state index in [1.54, 1.807) is 18.2 Å². The maximum absolute atomic E-state index is 13.1. The van der Waals surface area contributed by atoms with Crippen molar-refractivity contribution in [3.8, 4) is 0 Å². The molecule has 7 nitrogen and oxygen atoms in total. The Morgan fingerprint density at radius 2 is 1.91 bits per heavy atom. The van der Waals surface area contributed by atoms with Crippen molar-refractivity contribution in [2.75, 3.05) is 17.9 Å². The Labute approximate surface area is 220 Å². The maximum atomic E-state index is 13.1. The van der Waals surface area contributed by atoms with Crippen LogP contribution in [0.25, 0.3) is 10.2 Å². The molecule has 11 heteroatoms. The summed E-state index contributed by atoms with van der Waals surface area (Å²) >= 11 is 10.7. The molecule has 1 amide bonds. The van der Waals surface area contributed by atoms with E-state index in [0.717, 1.165) is 14.7 Å². The van der Waals surface area contributed by atoms with Crippen LogP contribution in [-0.4, -0.2) is 32.1 Å². The predicted molar refractivity (Wildman–Crippen MR) is 143 cm³/mol. The number of benzene rings is 3. The van der Waals surface area contributed by atoms with Crippen molar-refractivity contribution in [3.05, 3.63) is 86.6 Å². The molecule has 0 bridgehead atoms. The molecule has 0 saturated heterocycles. The van der Waals surface area contributed by atoms with E-state index in [4.69, 9.17) is 16.3 Å². The van der Waals surface area contributed by atoms with Gasteiger partial charge in [0.1, 0.15) is 0 Å². The van der Waals surface area contributed by atoms with Gasteiger partial charge in [-0.25, -0.2) is 8.42 Å². The van der Waals surface area contributed by atoms with E-state index in [-0.39, 0.29) is 16.1 Å². The molecule has 0 radical (unpaired) electrons. The normalized spacial score (nSPS) is 12.3. The molecule has 1 aromatic heterocycles. The van der Waals surface area contributed by atoms with Crippen LogP contribution < -0.4 is 9.52 Å². The molecule has 1 N–H and O–H groups in total. The number of sulfonamides is 1. The lowest BCUT2D eigenvalue weighted by Crippen LogP contribution is -2.20. The lowest BCUT2D eigenvalue weighted by atomic mass is 10.2. The summed E-state index contributed by atoms with van der Waals surface area (Å²) in [5.74, 6) is -0.478. The summed E-state index contributed by atoms with van der Waals surface area (Å²) in [6.45, 7) is 3.55. The van der Waals surface area contributed by atoms with Crippen molar-refractivity contribution < 1.29 is 17.9 Å². The molecule has 0 aliphatic carbocycles. The Hall–Kier alpha value is -2.50. The molecule has 35 heavy (non-hydrogen) atoms. The van der Waals surface area contributed by atoms with Crippen LogP contribution in [0.1, 0.15) is 17.3 Å². The number of carbonyl (C=O) groups excluding carboxylic acids is 1. The number of anilines is 1. The zero-order valence-electron chi connectivity index (χ0n) is 18.6. The van der Waals surface area contributed by atoms with Crippen LogP contribution in [0.3, 0.4) is 0 Å². The topological polar surface area (TPSA) is 89.8 Å². The predicted octanol–water partition coefficient (Wildman–Crippen LogP) is 5.70. The Morgan fingerprint density at radius 1 is 1.14 bits per heavy atom. The first-order valence-electron chi connectivity index (χ1n) is 10.6. The number of ether oxygens (including phenoxy) is 1. The molecule has 0 unspecified atom stereocenters. The second kappa shape index (κ2) is 11.0. The fraction of sp³-hybridized carbons (Fsp3) is 0.167. The van der Waals surface area contributed by atoms with E-state index in [1.807, 2.05) is 29.7 Å². The Morgan fingerprint density at radius 3 is 2.66 bits per heavy atom. The zero-order chi connectivity index (χ0) is 25.0. The molecular formula is C24H21BrClN3O4S2. The number of thiazole rings is 1. The SMILES string of the molecule is CCOCCn1c(=NC(=O)c2cccc(NS(=O)(=O)c3ccc(Cl)cc3)c2)sc2cc(Br)ccc21. The van der Waals surface area contributed by atoms with Crippen molar-refractivity contribution in [2.24, 2.45) is 4.99 Å². The molecule has 4 rings (SSSR count). The third-order valence-electron chi connectivity index (χ3n) is 4.99. The van der Waals surface area contributed by atoms with E-state index >= 15 is 0 Å². The van der Waals surface area contributed by atoms with Crippen molar-refractivity contribution in [1.82, 2.24) is 4.57 Å². The summed E-state index contributed by atoms with van der Waals surface area (Å²) in [5, 5.41) is 0.435. The number of aromatic nitrogens is 1. The minimum absolute atomic E-state index is 0.0649. The quantitative estimate of drug-likeness (QED) is 0.265. The largest absolute Gasteiger partial charge is 0.380 e. The number of carbonyl (C=O) groups is 1. The summed E-state index contributed by atoms with van der Waals surface area (Å²) in [7, 11) is -3.84. The minimum Gasteiger partial charge on any atom is -0.380 e. The van der Waals surface area contributed by atoms with E-state index in [2.05, 4.69) is 25.6 Å². The third-order valence-corrected chi connectivity index (χ3v) is 8.17. The van der Waals surface area contributed by atoms with Gasteiger partial charge in [0.25, 0.3) is 15.9 Å². The molecule has 0 spiro atoms. The van der Waals surface area contributed by atoms with Crippen LogP contribution in [0.5, 0.6) is 0 Å². The second-order valence-corrected chi connectivity index (χ2v) is 11.4. The Kier molecular flexibility index (Phi) is 8.08. The van der Waals surface area contributed by atoms with Gasteiger partial charge < -0.3 is 9.30 Å². The molecule has 1 heterocycles. The summed E-state index contributed by atoms with van der Waals surface area (Å²) in [6.07, 6.45) is 0. The lowest BCUT2D eigenvalue weighted by molar-refractivity contribution is 0.0996. The second-order valence-electron chi connectivity index (χ2n) is 7.40. The molecule has 0 aliphatic rings. The van der Waals surface area contributed by atoms with Crippen LogP contribution >= 0.6 is 38.9 Å². The number of fused-ring (bicyclic) bond motifs is 1. The first-order chi connectivity index (χ1) is 16.8. The first-order valence-corrected chi connectivity index (χ1v) is 14.1. The van der Waals surface area contributed by atoms with E-state index in [0.29, 0.717) is 29.6 Å². The summed E-state index contributed by atoms with van der Waals surface area (Å²) in [4.78, 5) is 18.0. The summed E-state index contributed by atoms with van der Waals surface area (Å²) in [6, 6.07) is 18.0. The number of rotatable bonds is 8. The highest BCUT2D eigenvalue weighted by molar-refractivity contribution is 9.10. The molecule has 0 saturated carbocycles. The van der Waals surface area contributed by atoms with Gasteiger partial charge >= 0.3 is 0 Å². The number of halogens is 2. The maximum Gasteiger partial charge on any atom is 0.279 e. The number of nitrogens with zero attached hydrogens (tertiary/aromatic N) is 2. The van der Waals surface area contributed by atoms with Crippen LogP contribution in [-0.2, 0) is 21.3 Å². The van der Waals surface area contributed by atoms with Gasteiger partial charge in [-0.05, 0) is 67.6 Å². The number of hydrogen-bond acceptors (Lipinski definition) is 5. The fourth-order valence-corrected chi connectivity index (χ4v) is 6.13. The van der Waals surface area contributed by atoms with Crippen LogP contribution in [0, 0.1) is 0 Å². The molecule has 0 aliphatic heterocycles. The van der Waals surface area contributed by atoms with Crippen LogP contribution in [0.2, 0.25) is 5.02 Å². The fourth-order valence-electron chi connectivity index (χ4n) is 3.34. The molecule has 0 atom stereocenters. The van der Waals surface area contributed by atoms with Gasteiger partial charge in [-0.15, -0.1) is 0 Å². The van der Waals surface area contributed by atoms with E-state index in [9.17, 15) is 13.2 Å². The summed E-state index contributed by atoms with van der Waals surface area (Å²) < 4.78 is 37.3. The van der Waals surface area contributed by atoms with Gasteiger partial charge in [-0.2, -0.15) is 4.99 Å². The van der Waals surface area contributed by atoms with Gasteiger partial charge in [0, 0.05) is 33.9 Å². The highest BCUT2D eigenvalue weighted by Gasteiger charge is 2.16. The van der Waals surface area contributed by atoms with Gasteiger partial charge in [0.15, 0.2) is 4.80 Å². The molecular weight excluding hydrogens is 574 g/mol. The molecule has 182 valence electrons. The van der Waals surface area contributed by atoms with E-state index < -0.39 is 15.9 Å².